The molecule has 7 heteroatoms. The molecule has 4 rings (SSSR count). The Balaban J connectivity index is 1.89. The lowest BCUT2D eigenvalue weighted by molar-refractivity contribution is -0.120. The molecule has 1 aromatic heterocycles. The molecule has 5 nitrogen and oxygen atoms in total. The van der Waals surface area contributed by atoms with Gasteiger partial charge >= 0.3 is 0 Å². The van der Waals surface area contributed by atoms with Crippen LogP contribution in [-0.4, -0.2) is 26.0 Å². The summed E-state index contributed by atoms with van der Waals surface area (Å²) in [7, 11) is 3.27. The van der Waals surface area contributed by atoms with Crippen molar-refractivity contribution in [2.24, 2.45) is 0 Å². The molecular weight excluding hydrogens is 408 g/mol. The first-order valence-corrected chi connectivity index (χ1v) is 10.1. The van der Waals surface area contributed by atoms with Crippen LogP contribution in [0.1, 0.15) is 4.88 Å². The minimum absolute atomic E-state index is 0.311. The van der Waals surface area contributed by atoms with Crippen LogP contribution in [0.5, 0.6) is 5.75 Å². The van der Waals surface area contributed by atoms with Crippen molar-refractivity contribution in [3.8, 4) is 5.75 Å². The summed E-state index contributed by atoms with van der Waals surface area (Å²) in [5, 5.41) is 2.28. The summed E-state index contributed by atoms with van der Waals surface area (Å²) in [6, 6.07) is 18.0. The number of nitrogens with zero attached hydrogens (tertiary/aromatic N) is 2. The van der Waals surface area contributed by atoms with Crippen LogP contribution in [0, 0.1) is 0 Å². The fourth-order valence-corrected chi connectivity index (χ4v) is 4.24. The number of hydrogen-bond donors (Lipinski definition) is 0. The number of amides is 2. The normalized spacial score (nSPS) is 14.0. The van der Waals surface area contributed by atoms with Gasteiger partial charge in [-0.15, -0.1) is 11.3 Å². The maximum Gasteiger partial charge on any atom is 0.282 e. The van der Waals surface area contributed by atoms with Crippen molar-refractivity contribution in [3.05, 3.63) is 81.6 Å². The van der Waals surface area contributed by atoms with Crippen LogP contribution in [-0.2, 0) is 9.59 Å². The van der Waals surface area contributed by atoms with Crippen LogP contribution < -0.4 is 14.5 Å². The molecule has 0 aliphatic carbocycles. The average Bonchev–Trinajstić information content (AvgIpc) is 3.34. The van der Waals surface area contributed by atoms with Gasteiger partial charge in [0, 0.05) is 22.6 Å². The van der Waals surface area contributed by atoms with Crippen LogP contribution in [0.4, 0.5) is 11.4 Å². The van der Waals surface area contributed by atoms with Gasteiger partial charge in [-0.05, 0) is 41.8 Å². The van der Waals surface area contributed by atoms with Crippen molar-refractivity contribution in [1.82, 2.24) is 0 Å². The molecule has 0 atom stereocenters. The minimum Gasteiger partial charge on any atom is -0.495 e. The maximum absolute atomic E-state index is 13.5. The van der Waals surface area contributed by atoms with Crippen LogP contribution >= 0.6 is 22.9 Å². The number of rotatable bonds is 5. The van der Waals surface area contributed by atoms with Gasteiger partial charge in [0.05, 0.1) is 18.4 Å². The SMILES string of the molecule is COc1ccc(Cl)cc1N1C(=O)C(c2cccs2)=C(N(C)c2ccccc2)C1=O. The number of ether oxygens (including phenoxy) is 1. The highest BCUT2D eigenvalue weighted by Crippen LogP contribution is 2.41. The van der Waals surface area contributed by atoms with Gasteiger partial charge < -0.3 is 9.64 Å². The van der Waals surface area contributed by atoms with E-state index in [0.29, 0.717) is 27.7 Å². The zero-order valence-corrected chi connectivity index (χ0v) is 17.3. The molecule has 2 heterocycles. The Morgan fingerprint density at radius 2 is 1.76 bits per heavy atom. The molecule has 0 spiro atoms. The third-order valence-corrected chi connectivity index (χ3v) is 5.81. The van der Waals surface area contributed by atoms with Crippen LogP contribution in [0.2, 0.25) is 5.02 Å². The fourth-order valence-electron chi connectivity index (χ4n) is 3.31. The number of thiophene rings is 1. The Labute approximate surface area is 177 Å². The molecule has 29 heavy (non-hydrogen) atoms. The molecule has 0 saturated heterocycles. The lowest BCUT2D eigenvalue weighted by atomic mass is 10.1. The Kier molecular flexibility index (Phi) is 5.13. The number of para-hydroxylation sites is 1. The van der Waals surface area contributed by atoms with E-state index in [1.54, 1.807) is 30.1 Å². The molecule has 3 aromatic rings. The first-order valence-electron chi connectivity index (χ1n) is 8.82. The molecule has 0 radical (unpaired) electrons. The maximum atomic E-state index is 13.5. The van der Waals surface area contributed by atoms with Crippen molar-refractivity contribution in [3.63, 3.8) is 0 Å². The lowest BCUT2D eigenvalue weighted by Crippen LogP contribution is -2.34. The van der Waals surface area contributed by atoms with Gasteiger partial charge in [0.25, 0.3) is 11.8 Å². The van der Waals surface area contributed by atoms with E-state index < -0.39 is 11.8 Å². The molecule has 0 unspecified atom stereocenters. The minimum atomic E-state index is -0.426. The number of anilines is 2. The van der Waals surface area contributed by atoms with E-state index in [0.717, 1.165) is 15.5 Å². The predicted octanol–water partition coefficient (Wildman–Crippen LogP) is 4.83. The van der Waals surface area contributed by atoms with E-state index in [4.69, 9.17) is 16.3 Å². The summed E-state index contributed by atoms with van der Waals surface area (Å²) in [6.45, 7) is 0. The molecule has 0 bridgehead atoms. The number of carbonyl (C=O) groups is 2. The van der Waals surface area contributed by atoms with Gasteiger partial charge in [0.15, 0.2) is 0 Å². The van der Waals surface area contributed by atoms with Gasteiger partial charge in [0.2, 0.25) is 0 Å². The molecule has 146 valence electrons. The monoisotopic (exact) mass is 424 g/mol. The second-order valence-corrected chi connectivity index (χ2v) is 7.74. The van der Waals surface area contributed by atoms with E-state index in [1.165, 1.54) is 18.4 Å². The quantitative estimate of drug-likeness (QED) is 0.550. The lowest BCUT2D eigenvalue weighted by Gasteiger charge is -2.22. The molecule has 0 N–H and O–H groups in total. The van der Waals surface area contributed by atoms with E-state index in [2.05, 4.69) is 0 Å². The van der Waals surface area contributed by atoms with E-state index in [1.807, 2.05) is 47.8 Å². The molecule has 2 aromatic carbocycles. The fraction of sp³-hybridized carbons (Fsp3) is 0.0909. The number of carbonyl (C=O) groups excluding carboxylic acids is 2. The molecule has 1 aliphatic heterocycles. The summed E-state index contributed by atoms with van der Waals surface area (Å²) in [5.41, 5.74) is 1.79. The van der Waals surface area contributed by atoms with Gasteiger partial charge in [-0.2, -0.15) is 0 Å². The summed E-state index contributed by atoms with van der Waals surface area (Å²) in [4.78, 5) is 30.6. The van der Waals surface area contributed by atoms with E-state index in [-0.39, 0.29) is 0 Å². The number of methoxy groups -OCH3 is 1. The van der Waals surface area contributed by atoms with Crippen molar-refractivity contribution in [2.45, 2.75) is 0 Å². The third kappa shape index (κ3) is 3.30. The van der Waals surface area contributed by atoms with E-state index in [9.17, 15) is 9.59 Å². The predicted molar refractivity (Wildman–Crippen MR) is 117 cm³/mol. The Bertz CT molecular complexity index is 1110. The second-order valence-electron chi connectivity index (χ2n) is 6.36. The smallest absolute Gasteiger partial charge is 0.282 e. The van der Waals surface area contributed by atoms with Crippen molar-refractivity contribution in [2.75, 3.05) is 24.0 Å². The third-order valence-electron chi connectivity index (χ3n) is 4.69. The first-order chi connectivity index (χ1) is 14.0. The standard InChI is InChI=1S/C22H17ClN2O3S/c1-24(15-7-4-3-5-8-15)20-19(18-9-6-12-29-18)21(26)25(22(20)27)16-13-14(23)10-11-17(16)28-2/h3-13H,1-2H3. The van der Waals surface area contributed by atoms with Crippen LogP contribution in [0.15, 0.2) is 71.7 Å². The highest BCUT2D eigenvalue weighted by molar-refractivity contribution is 7.11. The van der Waals surface area contributed by atoms with Gasteiger partial charge in [-0.3, -0.25) is 9.59 Å². The Morgan fingerprint density at radius 1 is 1.00 bits per heavy atom. The van der Waals surface area contributed by atoms with Crippen molar-refractivity contribution < 1.29 is 14.3 Å². The number of benzene rings is 2. The highest BCUT2D eigenvalue weighted by atomic mass is 35.5. The van der Waals surface area contributed by atoms with Gasteiger partial charge in [-0.25, -0.2) is 4.90 Å². The van der Waals surface area contributed by atoms with E-state index >= 15 is 0 Å². The molecular formula is C22H17ClN2O3S. The highest BCUT2D eigenvalue weighted by Gasteiger charge is 2.43. The summed E-state index contributed by atoms with van der Waals surface area (Å²) in [6.07, 6.45) is 0. The van der Waals surface area contributed by atoms with Crippen LogP contribution in [0.3, 0.4) is 0 Å². The first kappa shape index (κ1) is 19.2. The topological polar surface area (TPSA) is 49.9 Å². The number of hydrogen-bond acceptors (Lipinski definition) is 5. The van der Waals surface area contributed by atoms with Crippen LogP contribution in [0.25, 0.3) is 5.57 Å². The van der Waals surface area contributed by atoms with Gasteiger partial charge in [0.1, 0.15) is 11.4 Å². The summed E-state index contributed by atoms with van der Waals surface area (Å²) in [5.74, 6) is -0.439. The zero-order chi connectivity index (χ0) is 20.5. The largest absolute Gasteiger partial charge is 0.495 e. The Morgan fingerprint density at radius 3 is 2.41 bits per heavy atom. The number of halogens is 1. The number of imide groups is 1. The zero-order valence-electron chi connectivity index (χ0n) is 15.8. The van der Waals surface area contributed by atoms with Gasteiger partial charge in [-0.1, -0.05) is 35.9 Å². The Hall–Kier alpha value is -3.09. The molecule has 0 saturated carbocycles. The van der Waals surface area contributed by atoms with Crippen molar-refractivity contribution in [1.29, 1.82) is 0 Å². The average molecular weight is 425 g/mol. The summed E-state index contributed by atoms with van der Waals surface area (Å²) < 4.78 is 5.38. The summed E-state index contributed by atoms with van der Waals surface area (Å²) >= 11 is 7.56. The van der Waals surface area contributed by atoms with Crippen molar-refractivity contribution >= 4 is 51.7 Å². The number of likely N-dealkylation sites (N-methyl/N-ethyl adjacent to an activating group) is 1. The molecule has 0 fully saturated rings. The molecule has 2 amide bonds. The molecule has 1 aliphatic rings. The second kappa shape index (κ2) is 7.73.